The van der Waals surface area contributed by atoms with E-state index in [0.29, 0.717) is 6.07 Å². The molecule has 0 saturated carbocycles. The van der Waals surface area contributed by atoms with E-state index in [1.165, 1.54) is 26.4 Å². The minimum absolute atomic E-state index is 0.00333. The largest absolute Gasteiger partial charge is 0.573 e. The number of nitrogens with zero attached hydrogens (tertiary/aromatic N) is 3. The first-order valence-electron chi connectivity index (χ1n) is 9.96. The van der Waals surface area contributed by atoms with Crippen molar-refractivity contribution in [2.75, 3.05) is 5.32 Å². The molecule has 0 radical (unpaired) electrons. The number of furan rings is 1. The zero-order chi connectivity index (χ0) is 26.5. The van der Waals surface area contributed by atoms with Gasteiger partial charge in [0.1, 0.15) is 11.1 Å². The summed E-state index contributed by atoms with van der Waals surface area (Å²) in [6.45, 7) is 1.52. The molecule has 0 aliphatic rings. The molecule has 1 amide bonds. The fourth-order valence-electron chi connectivity index (χ4n) is 3.52. The monoisotopic (exact) mass is 530 g/mol. The minimum Gasteiger partial charge on any atom is -0.444 e. The Balaban J connectivity index is 1.60. The van der Waals surface area contributed by atoms with Crippen molar-refractivity contribution in [1.29, 1.82) is 0 Å². The summed E-state index contributed by atoms with van der Waals surface area (Å²) in [4.78, 5) is 41.4. The number of aromatic nitrogens is 3. The lowest BCUT2D eigenvalue weighted by molar-refractivity contribution is -0.276. The van der Waals surface area contributed by atoms with Crippen LogP contribution in [0.2, 0.25) is 0 Å². The highest BCUT2D eigenvalue weighted by molar-refractivity contribution is 7.14. The van der Waals surface area contributed by atoms with Crippen molar-refractivity contribution in [3.63, 3.8) is 0 Å². The molecule has 1 aromatic carbocycles. The minimum atomic E-state index is -5.32. The molecular formula is C21H15F5N4O5S. The third-order valence-electron chi connectivity index (χ3n) is 5.22. The zero-order valence-corrected chi connectivity index (χ0v) is 19.4. The second-order valence-corrected chi connectivity index (χ2v) is 8.43. The topological polar surface area (TPSA) is 108 Å². The maximum Gasteiger partial charge on any atom is 0.573 e. The molecule has 3 heterocycles. The average Bonchev–Trinajstić information content (AvgIpc) is 3.37. The zero-order valence-electron chi connectivity index (χ0n) is 18.6. The fraction of sp³-hybridized carbons (Fsp3) is 0.238. The Kier molecular flexibility index (Phi) is 6.20. The first kappa shape index (κ1) is 25.1. The SMILES string of the molecule is Cc1oc2c(c1CC(=O)Nc1nc(-c3ccc(F)c(OC(F)(F)F)c3F)cs1)c(=O)n(C)c(=O)n2C. The number of nitrogens with one attached hydrogen (secondary N) is 1. The maximum absolute atomic E-state index is 14.5. The number of fused-ring (bicyclic) bond motifs is 1. The highest BCUT2D eigenvalue weighted by atomic mass is 32.1. The molecule has 0 unspecified atom stereocenters. The summed E-state index contributed by atoms with van der Waals surface area (Å²) in [5.41, 5.74) is -1.66. The van der Waals surface area contributed by atoms with Gasteiger partial charge in [-0.2, -0.15) is 0 Å². The van der Waals surface area contributed by atoms with Crippen LogP contribution in [0.1, 0.15) is 11.3 Å². The van der Waals surface area contributed by atoms with Crippen LogP contribution in [0.4, 0.5) is 27.1 Å². The number of carbonyl (C=O) groups is 1. The van der Waals surface area contributed by atoms with Crippen LogP contribution in [0.25, 0.3) is 22.4 Å². The highest BCUT2D eigenvalue weighted by Crippen LogP contribution is 2.35. The van der Waals surface area contributed by atoms with Crippen molar-refractivity contribution in [1.82, 2.24) is 14.1 Å². The molecule has 190 valence electrons. The third-order valence-corrected chi connectivity index (χ3v) is 5.98. The molecule has 0 aliphatic heterocycles. The lowest BCUT2D eigenvalue weighted by Crippen LogP contribution is -2.36. The van der Waals surface area contributed by atoms with Gasteiger partial charge in [0.25, 0.3) is 5.56 Å². The summed E-state index contributed by atoms with van der Waals surface area (Å²) in [6.07, 6.45) is -5.65. The summed E-state index contributed by atoms with van der Waals surface area (Å²) >= 11 is 0.834. The second-order valence-electron chi connectivity index (χ2n) is 7.57. The molecule has 3 aromatic heterocycles. The smallest absolute Gasteiger partial charge is 0.444 e. The summed E-state index contributed by atoms with van der Waals surface area (Å²) in [6, 6.07) is 1.48. The Morgan fingerprint density at radius 2 is 1.89 bits per heavy atom. The first-order valence-corrected chi connectivity index (χ1v) is 10.8. The first-order chi connectivity index (χ1) is 16.8. The van der Waals surface area contributed by atoms with Gasteiger partial charge in [-0.05, 0) is 19.1 Å². The van der Waals surface area contributed by atoms with Crippen molar-refractivity contribution in [3.8, 4) is 17.0 Å². The number of alkyl halides is 3. The number of benzene rings is 1. The number of thiazole rings is 1. The number of halogens is 5. The molecule has 4 rings (SSSR count). The number of carbonyl (C=O) groups excluding carboxylic acids is 1. The molecule has 0 saturated heterocycles. The van der Waals surface area contributed by atoms with E-state index in [1.807, 2.05) is 0 Å². The van der Waals surface area contributed by atoms with Gasteiger partial charge in [-0.25, -0.2) is 18.6 Å². The van der Waals surface area contributed by atoms with Crippen molar-refractivity contribution in [2.45, 2.75) is 19.7 Å². The van der Waals surface area contributed by atoms with Gasteiger partial charge in [-0.1, -0.05) is 0 Å². The van der Waals surface area contributed by atoms with Gasteiger partial charge in [0.05, 0.1) is 12.1 Å². The normalized spacial score (nSPS) is 11.8. The van der Waals surface area contributed by atoms with E-state index >= 15 is 0 Å². The quantitative estimate of drug-likeness (QED) is 0.395. The van der Waals surface area contributed by atoms with Gasteiger partial charge in [-0.3, -0.25) is 18.7 Å². The number of anilines is 1. The lowest BCUT2D eigenvalue weighted by atomic mass is 10.1. The van der Waals surface area contributed by atoms with E-state index in [1.54, 1.807) is 0 Å². The molecule has 0 atom stereocenters. The van der Waals surface area contributed by atoms with Gasteiger partial charge < -0.3 is 14.5 Å². The molecule has 4 aromatic rings. The Labute approximate surface area is 201 Å². The number of rotatable bonds is 5. The summed E-state index contributed by atoms with van der Waals surface area (Å²) < 4.78 is 76.7. The molecule has 9 nitrogen and oxygen atoms in total. The van der Waals surface area contributed by atoms with E-state index in [9.17, 15) is 36.3 Å². The van der Waals surface area contributed by atoms with Gasteiger partial charge >= 0.3 is 12.1 Å². The molecule has 0 aliphatic carbocycles. The Morgan fingerprint density at radius 3 is 2.56 bits per heavy atom. The van der Waals surface area contributed by atoms with Crippen LogP contribution >= 0.6 is 11.3 Å². The van der Waals surface area contributed by atoms with Crippen molar-refractivity contribution >= 4 is 33.5 Å². The van der Waals surface area contributed by atoms with E-state index in [0.717, 1.165) is 26.5 Å². The number of aryl methyl sites for hydroxylation is 2. The standard InChI is InChI=1S/C21H15F5N4O5S/c1-8-10(14-17(32)29(2)20(33)30(3)18(14)34-8)6-13(31)28-19-27-12(7-36-19)9-4-5-11(22)16(15(9)23)35-21(24,25)26/h4-5,7H,6H2,1-3H3,(H,27,28,31). The average molecular weight is 530 g/mol. The number of hydrogen-bond donors (Lipinski definition) is 1. The number of amides is 1. The molecule has 0 fully saturated rings. The second kappa shape index (κ2) is 8.89. The van der Waals surface area contributed by atoms with Crippen molar-refractivity contribution < 1.29 is 35.9 Å². The van der Waals surface area contributed by atoms with E-state index in [2.05, 4.69) is 15.0 Å². The predicted molar refractivity (Wildman–Crippen MR) is 118 cm³/mol. The third kappa shape index (κ3) is 4.48. The number of ether oxygens (including phenoxy) is 1. The van der Waals surface area contributed by atoms with Crippen molar-refractivity contribution in [2.24, 2.45) is 14.1 Å². The van der Waals surface area contributed by atoms with Crippen LogP contribution in [0.5, 0.6) is 5.75 Å². The Hall–Kier alpha value is -4.01. The van der Waals surface area contributed by atoms with Gasteiger partial charge in [0.2, 0.25) is 17.4 Å². The van der Waals surface area contributed by atoms with E-state index in [4.69, 9.17) is 4.42 Å². The number of hydrogen-bond acceptors (Lipinski definition) is 7. The van der Waals surface area contributed by atoms with Crippen LogP contribution in [-0.4, -0.2) is 26.4 Å². The van der Waals surface area contributed by atoms with Crippen LogP contribution in [0.15, 0.2) is 31.5 Å². The molecule has 15 heteroatoms. The predicted octanol–water partition coefficient (Wildman–Crippen LogP) is 3.62. The fourth-order valence-corrected chi connectivity index (χ4v) is 4.24. The van der Waals surface area contributed by atoms with Crippen LogP contribution < -0.4 is 21.3 Å². The Morgan fingerprint density at radius 1 is 1.19 bits per heavy atom. The Bertz CT molecular complexity index is 1630. The van der Waals surface area contributed by atoms with E-state index in [-0.39, 0.29) is 39.7 Å². The molecule has 0 spiro atoms. The van der Waals surface area contributed by atoms with Crippen LogP contribution in [-0.2, 0) is 25.3 Å². The summed E-state index contributed by atoms with van der Waals surface area (Å²) in [7, 11) is 2.70. The van der Waals surface area contributed by atoms with Gasteiger partial charge in [-0.15, -0.1) is 24.5 Å². The summed E-state index contributed by atoms with van der Waals surface area (Å²) in [5, 5.41) is 3.71. The summed E-state index contributed by atoms with van der Waals surface area (Å²) in [5.74, 6) is -5.19. The van der Waals surface area contributed by atoms with Crippen LogP contribution in [0, 0.1) is 18.6 Å². The van der Waals surface area contributed by atoms with Crippen LogP contribution in [0.3, 0.4) is 0 Å². The molecular weight excluding hydrogens is 515 g/mol. The van der Waals surface area contributed by atoms with Crippen molar-refractivity contribution in [3.05, 3.63) is 61.3 Å². The van der Waals surface area contributed by atoms with Gasteiger partial charge in [0, 0.05) is 30.6 Å². The molecule has 36 heavy (non-hydrogen) atoms. The maximum atomic E-state index is 14.5. The molecule has 1 N–H and O–H groups in total. The molecule has 0 bridgehead atoms. The lowest BCUT2D eigenvalue weighted by Gasteiger charge is -2.12. The highest BCUT2D eigenvalue weighted by Gasteiger charge is 2.35. The van der Waals surface area contributed by atoms with Gasteiger partial charge in [0.15, 0.2) is 16.8 Å². The van der Waals surface area contributed by atoms with E-state index < -0.39 is 46.5 Å².